The Balaban J connectivity index is 2.79. The van der Waals surface area contributed by atoms with Gasteiger partial charge in [0.15, 0.2) is 5.82 Å². The molecule has 1 unspecified atom stereocenters. The number of hydrogen-bond acceptors (Lipinski definition) is 4. The van der Waals surface area contributed by atoms with Crippen LogP contribution in [-0.2, 0) is 11.3 Å². The second kappa shape index (κ2) is 6.18. The largest absolute Gasteiger partial charge is 0.354 e. The Labute approximate surface area is 106 Å². The molecule has 1 amide bonds. The van der Waals surface area contributed by atoms with Gasteiger partial charge in [0.05, 0.1) is 0 Å². The lowest BCUT2D eigenvalue weighted by Gasteiger charge is -2.16. The summed E-state index contributed by atoms with van der Waals surface area (Å²) in [6.45, 7) is 7.91. The molecule has 1 heterocycles. The molecular formula is C12H20N4O2. The highest BCUT2D eigenvalue weighted by Crippen LogP contribution is 1.97. The van der Waals surface area contributed by atoms with Gasteiger partial charge in [-0.15, -0.1) is 0 Å². The molecule has 1 aromatic heterocycles. The summed E-state index contributed by atoms with van der Waals surface area (Å²) in [6.07, 6.45) is 3.16. The Morgan fingerprint density at radius 2 is 2.11 bits per heavy atom. The number of nitrogens with one attached hydrogen (secondary N) is 2. The molecule has 0 aliphatic heterocycles. The van der Waals surface area contributed by atoms with Gasteiger partial charge in [-0.1, -0.05) is 0 Å². The lowest BCUT2D eigenvalue weighted by atomic mass is 10.3. The van der Waals surface area contributed by atoms with Crippen LogP contribution >= 0.6 is 0 Å². The quantitative estimate of drug-likeness (QED) is 0.804. The molecule has 1 atom stereocenters. The number of amides is 1. The van der Waals surface area contributed by atoms with Crippen molar-refractivity contribution in [3.63, 3.8) is 0 Å². The van der Waals surface area contributed by atoms with Crippen LogP contribution in [0.1, 0.15) is 27.7 Å². The number of aromatic nitrogens is 2. The van der Waals surface area contributed by atoms with Gasteiger partial charge in [-0.3, -0.25) is 9.59 Å². The molecule has 18 heavy (non-hydrogen) atoms. The van der Waals surface area contributed by atoms with Crippen LogP contribution in [0.25, 0.3) is 0 Å². The second-order valence-electron chi connectivity index (χ2n) is 4.40. The first kappa shape index (κ1) is 14.2. The molecule has 0 fully saturated rings. The van der Waals surface area contributed by atoms with Crippen LogP contribution in [0.3, 0.4) is 0 Å². The molecule has 6 heteroatoms. The minimum Gasteiger partial charge on any atom is -0.354 e. The number of anilines is 1. The average Bonchev–Trinajstić information content (AvgIpc) is 2.30. The van der Waals surface area contributed by atoms with E-state index in [0.717, 1.165) is 0 Å². The summed E-state index contributed by atoms with van der Waals surface area (Å²) in [6, 6.07) is -0.432. The van der Waals surface area contributed by atoms with E-state index in [4.69, 9.17) is 0 Å². The van der Waals surface area contributed by atoms with Crippen LogP contribution < -0.4 is 16.2 Å². The smallest absolute Gasteiger partial charge is 0.293 e. The third-order valence-corrected chi connectivity index (χ3v) is 2.43. The Bertz CT molecular complexity index is 467. The number of nitrogens with zero attached hydrogens (tertiary/aromatic N) is 2. The fraction of sp³-hybridized carbons (Fsp3) is 0.583. The maximum Gasteiger partial charge on any atom is 0.293 e. The molecule has 100 valence electrons. The third-order valence-electron chi connectivity index (χ3n) is 2.43. The Morgan fingerprint density at radius 3 is 2.67 bits per heavy atom. The normalized spacial score (nSPS) is 12.3. The van der Waals surface area contributed by atoms with Crippen LogP contribution in [0.15, 0.2) is 17.2 Å². The lowest BCUT2D eigenvalue weighted by molar-refractivity contribution is -0.122. The van der Waals surface area contributed by atoms with E-state index in [0.29, 0.717) is 6.54 Å². The van der Waals surface area contributed by atoms with Crippen molar-refractivity contribution in [2.75, 3.05) is 5.32 Å². The highest BCUT2D eigenvalue weighted by molar-refractivity contribution is 5.83. The Hall–Kier alpha value is -1.85. The van der Waals surface area contributed by atoms with Crippen molar-refractivity contribution in [1.29, 1.82) is 0 Å². The highest BCUT2D eigenvalue weighted by atomic mass is 16.2. The Morgan fingerprint density at radius 1 is 1.44 bits per heavy atom. The lowest BCUT2D eigenvalue weighted by Crippen LogP contribution is -2.42. The fourth-order valence-electron chi connectivity index (χ4n) is 1.48. The van der Waals surface area contributed by atoms with Gasteiger partial charge in [-0.25, -0.2) is 4.98 Å². The monoisotopic (exact) mass is 252 g/mol. The summed E-state index contributed by atoms with van der Waals surface area (Å²) in [7, 11) is 0. The molecule has 6 nitrogen and oxygen atoms in total. The third kappa shape index (κ3) is 3.58. The van der Waals surface area contributed by atoms with Crippen molar-refractivity contribution in [2.45, 2.75) is 46.3 Å². The molecule has 1 aromatic rings. The predicted molar refractivity (Wildman–Crippen MR) is 70.5 cm³/mol. The number of aryl methyl sites for hydroxylation is 1. The molecule has 0 aliphatic carbocycles. The van der Waals surface area contributed by atoms with Crippen molar-refractivity contribution in [1.82, 2.24) is 14.9 Å². The predicted octanol–water partition coefficient (Wildman–Crippen LogP) is 0.588. The van der Waals surface area contributed by atoms with Crippen LogP contribution in [0.5, 0.6) is 0 Å². The summed E-state index contributed by atoms with van der Waals surface area (Å²) in [4.78, 5) is 27.6. The molecule has 0 saturated heterocycles. The SMILES string of the molecule is CCn1ccnc(NC(C)C(=O)NC(C)C)c1=O. The molecule has 0 bridgehead atoms. The van der Waals surface area contributed by atoms with E-state index in [-0.39, 0.29) is 23.3 Å². The van der Waals surface area contributed by atoms with Gasteiger partial charge >= 0.3 is 0 Å². The van der Waals surface area contributed by atoms with Crippen molar-refractivity contribution in [2.24, 2.45) is 0 Å². The maximum absolute atomic E-state index is 11.9. The van der Waals surface area contributed by atoms with Gasteiger partial charge in [0.1, 0.15) is 6.04 Å². The molecule has 2 N–H and O–H groups in total. The van der Waals surface area contributed by atoms with E-state index < -0.39 is 6.04 Å². The first-order valence-electron chi connectivity index (χ1n) is 6.08. The summed E-state index contributed by atoms with van der Waals surface area (Å²) in [5.41, 5.74) is -0.218. The summed E-state index contributed by atoms with van der Waals surface area (Å²) >= 11 is 0. The summed E-state index contributed by atoms with van der Waals surface area (Å²) < 4.78 is 1.53. The Kier molecular flexibility index (Phi) is 4.88. The highest BCUT2D eigenvalue weighted by Gasteiger charge is 2.15. The van der Waals surface area contributed by atoms with Gasteiger partial charge in [-0.2, -0.15) is 0 Å². The van der Waals surface area contributed by atoms with E-state index in [1.165, 1.54) is 4.57 Å². The van der Waals surface area contributed by atoms with Gasteiger partial charge in [0.25, 0.3) is 5.56 Å². The van der Waals surface area contributed by atoms with Crippen molar-refractivity contribution in [3.8, 4) is 0 Å². The molecule has 0 aliphatic rings. The molecule has 0 saturated carbocycles. The van der Waals surface area contributed by atoms with Gasteiger partial charge in [0.2, 0.25) is 5.91 Å². The maximum atomic E-state index is 11.9. The molecule has 0 aromatic carbocycles. The minimum absolute atomic E-state index is 0.0674. The zero-order valence-electron chi connectivity index (χ0n) is 11.2. The van der Waals surface area contributed by atoms with Crippen molar-refractivity contribution < 1.29 is 4.79 Å². The zero-order valence-corrected chi connectivity index (χ0v) is 11.2. The average molecular weight is 252 g/mol. The molecule has 0 radical (unpaired) electrons. The second-order valence-corrected chi connectivity index (χ2v) is 4.40. The summed E-state index contributed by atoms with van der Waals surface area (Å²) in [5.74, 6) is 0.0452. The summed E-state index contributed by atoms with van der Waals surface area (Å²) in [5, 5.41) is 5.61. The zero-order chi connectivity index (χ0) is 13.7. The van der Waals surface area contributed by atoms with E-state index in [1.54, 1.807) is 19.3 Å². The first-order valence-corrected chi connectivity index (χ1v) is 6.08. The van der Waals surface area contributed by atoms with E-state index in [2.05, 4.69) is 15.6 Å². The molecule has 0 spiro atoms. The minimum atomic E-state index is -0.500. The van der Waals surface area contributed by atoms with Gasteiger partial charge < -0.3 is 15.2 Å². The van der Waals surface area contributed by atoms with E-state index in [1.807, 2.05) is 20.8 Å². The number of carbonyl (C=O) groups excluding carboxylic acids is 1. The van der Waals surface area contributed by atoms with Crippen LogP contribution in [0, 0.1) is 0 Å². The van der Waals surface area contributed by atoms with E-state index >= 15 is 0 Å². The number of rotatable bonds is 5. The fourth-order valence-corrected chi connectivity index (χ4v) is 1.48. The van der Waals surface area contributed by atoms with Gasteiger partial charge in [0, 0.05) is 25.0 Å². The molecule has 1 rings (SSSR count). The van der Waals surface area contributed by atoms with Gasteiger partial charge in [-0.05, 0) is 27.7 Å². The standard InChI is InChI=1S/C12H20N4O2/c1-5-16-7-6-13-10(12(16)18)15-9(4)11(17)14-8(2)3/h6-9H,5H2,1-4H3,(H,13,15)(H,14,17). The number of hydrogen-bond donors (Lipinski definition) is 2. The number of carbonyl (C=O) groups is 1. The van der Waals surface area contributed by atoms with Crippen molar-refractivity contribution in [3.05, 3.63) is 22.7 Å². The molecular weight excluding hydrogens is 232 g/mol. The van der Waals surface area contributed by atoms with Crippen LogP contribution in [-0.4, -0.2) is 27.5 Å². The topological polar surface area (TPSA) is 76.0 Å². The van der Waals surface area contributed by atoms with Crippen molar-refractivity contribution >= 4 is 11.7 Å². The van der Waals surface area contributed by atoms with Crippen LogP contribution in [0.4, 0.5) is 5.82 Å². The van der Waals surface area contributed by atoms with Crippen LogP contribution in [0.2, 0.25) is 0 Å². The van der Waals surface area contributed by atoms with E-state index in [9.17, 15) is 9.59 Å². The first-order chi connectivity index (χ1) is 8.45.